The van der Waals surface area contributed by atoms with Crippen LogP contribution in [0.15, 0.2) is 53.4 Å². The van der Waals surface area contributed by atoms with Gasteiger partial charge in [-0.25, -0.2) is 19.3 Å². The molecule has 0 spiro atoms. The number of quaternary nitrogens is 1. The number of benzene rings is 1. The molecular formula is C26H28BrFN9O3+. The summed E-state index contributed by atoms with van der Waals surface area (Å²) >= 11 is 3.17. The predicted molar refractivity (Wildman–Crippen MR) is 152 cm³/mol. The van der Waals surface area contributed by atoms with Crippen LogP contribution in [0.2, 0.25) is 0 Å². The van der Waals surface area contributed by atoms with Gasteiger partial charge in [0.15, 0.2) is 5.69 Å². The quantitative estimate of drug-likeness (QED) is 0.114. The number of hydrogen-bond donors (Lipinski definition) is 2. The lowest BCUT2D eigenvalue weighted by Gasteiger charge is -2.28. The number of carbonyl (C=O) groups is 1. The van der Waals surface area contributed by atoms with E-state index in [1.165, 1.54) is 24.7 Å². The number of fused-ring (bicyclic) bond motifs is 1. The highest BCUT2D eigenvalue weighted by Gasteiger charge is 2.30. The van der Waals surface area contributed by atoms with E-state index in [4.69, 9.17) is 0 Å². The summed E-state index contributed by atoms with van der Waals surface area (Å²) in [7, 11) is 5.62. The Kier molecular flexibility index (Phi) is 8.49. The van der Waals surface area contributed by atoms with E-state index in [-0.39, 0.29) is 17.5 Å². The summed E-state index contributed by atoms with van der Waals surface area (Å²) in [6.45, 7) is 2.70. The van der Waals surface area contributed by atoms with E-state index in [0.717, 1.165) is 0 Å². The topological polar surface area (TPSA) is 141 Å². The number of nitrogens with one attached hydrogen (secondary N) is 2. The van der Waals surface area contributed by atoms with Crippen LogP contribution in [-0.2, 0) is 24.8 Å². The third kappa shape index (κ3) is 6.63. The lowest BCUT2D eigenvalue weighted by molar-refractivity contribution is -0.898. The molecule has 0 saturated heterocycles. The number of rotatable bonds is 10. The average molecular weight is 613 g/mol. The number of aromatic nitrogens is 5. The Labute approximate surface area is 237 Å². The molecule has 40 heavy (non-hydrogen) atoms. The molecule has 0 unspecified atom stereocenters. The molecule has 3 aromatic heterocycles. The van der Waals surface area contributed by atoms with Gasteiger partial charge in [-0.2, -0.15) is 0 Å². The second-order valence-corrected chi connectivity index (χ2v) is 10.6. The number of pyridine rings is 1. The average Bonchev–Trinajstić information content (AvgIpc) is 3.21. The molecule has 0 aliphatic rings. The van der Waals surface area contributed by atoms with Gasteiger partial charge in [-0.15, -0.1) is 0 Å². The fourth-order valence-electron chi connectivity index (χ4n) is 4.13. The van der Waals surface area contributed by atoms with Crippen LogP contribution >= 0.6 is 15.9 Å². The van der Waals surface area contributed by atoms with Gasteiger partial charge in [0.05, 0.1) is 36.8 Å². The van der Waals surface area contributed by atoms with Gasteiger partial charge in [0, 0.05) is 30.6 Å². The van der Waals surface area contributed by atoms with Crippen molar-refractivity contribution in [2.24, 2.45) is 7.05 Å². The number of nitrogens with zero attached hydrogens (tertiary/aromatic N) is 7. The minimum Gasteiger partial charge on any atom is -0.358 e. The normalized spacial score (nSPS) is 11.8. The van der Waals surface area contributed by atoms with Crippen molar-refractivity contribution >= 4 is 55.9 Å². The smallest absolute Gasteiger partial charge is 0.358 e. The third-order valence-electron chi connectivity index (χ3n) is 6.18. The van der Waals surface area contributed by atoms with Crippen LogP contribution in [0.25, 0.3) is 10.9 Å². The van der Waals surface area contributed by atoms with Crippen molar-refractivity contribution in [2.45, 2.75) is 19.9 Å². The number of halogens is 2. The van der Waals surface area contributed by atoms with Gasteiger partial charge in [-0.1, -0.05) is 6.92 Å². The molecule has 0 aliphatic carbocycles. The fourth-order valence-corrected chi connectivity index (χ4v) is 4.51. The van der Waals surface area contributed by atoms with Crippen LogP contribution in [0.5, 0.6) is 0 Å². The summed E-state index contributed by atoms with van der Waals surface area (Å²) in [6.07, 6.45) is 6.60. The van der Waals surface area contributed by atoms with Crippen LogP contribution in [0, 0.1) is 15.9 Å². The number of aryl methyl sites for hydroxylation is 1. The maximum absolute atomic E-state index is 13.6. The van der Waals surface area contributed by atoms with Crippen LogP contribution in [-0.4, -0.2) is 60.5 Å². The first-order valence-electron chi connectivity index (χ1n) is 12.3. The number of imidazole rings is 1. The van der Waals surface area contributed by atoms with E-state index in [0.29, 0.717) is 68.2 Å². The lowest BCUT2D eigenvalue weighted by atomic mass is 10.2. The van der Waals surface area contributed by atoms with Gasteiger partial charge < -0.3 is 29.8 Å². The summed E-state index contributed by atoms with van der Waals surface area (Å²) < 4.78 is 16.1. The standard InChI is InChI=1S/C26H27BrFN9O3/c1-5-23-34-26(36(39)40)21(35(23)2)14-37(3,4)10-6-7-24(38)33-22-12-17-20(13-29-22)30-15-31-25(17)32-16-8-9-19(28)18(27)11-16/h6-9,11-13,15H,5,10,14H2,1-4H3,(H-,29,30,31,32,33,38)/p+1/b7-6+. The molecule has 208 valence electrons. The van der Waals surface area contributed by atoms with Crippen LogP contribution in [0.4, 0.5) is 27.5 Å². The second kappa shape index (κ2) is 11.8. The van der Waals surface area contributed by atoms with Crippen molar-refractivity contribution in [3.8, 4) is 0 Å². The number of likely N-dealkylation sites (N-methyl/N-ethyl adjacent to an activating group) is 1. The first-order chi connectivity index (χ1) is 19.0. The third-order valence-corrected chi connectivity index (χ3v) is 6.78. The Balaban J connectivity index is 1.44. The molecule has 0 bridgehead atoms. The Morgan fingerprint density at radius 2 is 2.02 bits per heavy atom. The number of carbonyl (C=O) groups excluding carboxylic acids is 1. The zero-order valence-corrected chi connectivity index (χ0v) is 23.9. The van der Waals surface area contributed by atoms with E-state index in [2.05, 4.69) is 46.5 Å². The maximum Gasteiger partial charge on any atom is 0.391 e. The molecule has 0 fully saturated rings. The highest BCUT2D eigenvalue weighted by atomic mass is 79.9. The van der Waals surface area contributed by atoms with E-state index in [1.807, 2.05) is 21.0 Å². The highest BCUT2D eigenvalue weighted by Crippen LogP contribution is 2.27. The molecule has 14 heteroatoms. The highest BCUT2D eigenvalue weighted by molar-refractivity contribution is 9.10. The minimum atomic E-state index is -0.459. The van der Waals surface area contributed by atoms with Crippen molar-refractivity contribution in [3.05, 3.63) is 80.9 Å². The molecule has 1 amide bonds. The van der Waals surface area contributed by atoms with Crippen molar-refractivity contribution in [1.29, 1.82) is 0 Å². The largest absolute Gasteiger partial charge is 0.391 e. The number of nitro groups is 1. The van der Waals surface area contributed by atoms with Crippen molar-refractivity contribution in [2.75, 3.05) is 31.3 Å². The van der Waals surface area contributed by atoms with E-state index >= 15 is 0 Å². The second-order valence-electron chi connectivity index (χ2n) is 9.70. The molecule has 4 rings (SSSR count). The Bertz CT molecular complexity index is 1620. The molecule has 0 saturated carbocycles. The molecular weight excluding hydrogens is 585 g/mol. The molecule has 3 heterocycles. The summed E-state index contributed by atoms with van der Waals surface area (Å²) in [5, 5.41) is 18.0. The first-order valence-corrected chi connectivity index (χ1v) is 13.1. The van der Waals surface area contributed by atoms with Crippen molar-refractivity contribution in [1.82, 2.24) is 24.5 Å². The SMILES string of the molecule is CCc1nc([N+](=O)[O-])c(C[N+](C)(C)C/C=C/C(=O)Nc2cc3c(Nc4ccc(F)c(Br)c4)ncnc3cn2)n1C. The molecule has 12 nitrogen and oxygen atoms in total. The minimum absolute atomic E-state index is 0.139. The fraction of sp³-hybridized carbons (Fsp3) is 0.269. The summed E-state index contributed by atoms with van der Waals surface area (Å²) in [5.41, 5.74) is 1.70. The Hall–Kier alpha value is -4.30. The number of anilines is 3. The molecule has 2 N–H and O–H groups in total. The molecule has 1 aromatic carbocycles. The van der Waals surface area contributed by atoms with E-state index in [1.54, 1.807) is 35.9 Å². The maximum atomic E-state index is 13.6. The van der Waals surface area contributed by atoms with Gasteiger partial charge >= 0.3 is 5.82 Å². The zero-order chi connectivity index (χ0) is 29.0. The first kappa shape index (κ1) is 28.7. The van der Waals surface area contributed by atoms with Crippen molar-refractivity contribution in [3.63, 3.8) is 0 Å². The van der Waals surface area contributed by atoms with Crippen LogP contribution in [0.3, 0.4) is 0 Å². The van der Waals surface area contributed by atoms with Gasteiger partial charge in [-0.3, -0.25) is 4.79 Å². The van der Waals surface area contributed by atoms with Gasteiger partial charge in [0.25, 0.3) is 0 Å². The molecule has 4 aromatic rings. The van der Waals surface area contributed by atoms with Gasteiger partial charge in [0.1, 0.15) is 30.3 Å². The summed E-state index contributed by atoms with van der Waals surface area (Å²) in [4.78, 5) is 40.6. The van der Waals surface area contributed by atoms with E-state index < -0.39 is 4.92 Å². The Morgan fingerprint density at radius 3 is 2.73 bits per heavy atom. The molecule has 0 radical (unpaired) electrons. The molecule has 0 atom stereocenters. The van der Waals surface area contributed by atoms with Crippen LogP contribution < -0.4 is 10.6 Å². The molecule has 0 aliphatic heterocycles. The summed E-state index contributed by atoms with van der Waals surface area (Å²) in [6, 6.07) is 6.15. The Morgan fingerprint density at radius 1 is 1.25 bits per heavy atom. The predicted octanol–water partition coefficient (Wildman–Crippen LogP) is 4.65. The monoisotopic (exact) mass is 612 g/mol. The van der Waals surface area contributed by atoms with E-state index in [9.17, 15) is 19.3 Å². The van der Waals surface area contributed by atoms with Crippen molar-refractivity contribution < 1.29 is 18.6 Å². The zero-order valence-electron chi connectivity index (χ0n) is 22.4. The van der Waals surface area contributed by atoms with Gasteiger partial charge in [-0.05, 0) is 56.2 Å². The van der Waals surface area contributed by atoms with Crippen LogP contribution in [0.1, 0.15) is 18.4 Å². The number of hydrogen-bond acceptors (Lipinski definition) is 8. The number of amides is 1. The summed E-state index contributed by atoms with van der Waals surface area (Å²) in [5.74, 6) is 0.499. The van der Waals surface area contributed by atoms with Gasteiger partial charge in [0.2, 0.25) is 11.7 Å². The lowest BCUT2D eigenvalue weighted by Crippen LogP contribution is -2.39.